The van der Waals surface area contributed by atoms with E-state index in [-0.39, 0.29) is 0 Å². The topological polar surface area (TPSA) is 3.24 Å². The first-order valence-electron chi connectivity index (χ1n) is 8.04. The minimum absolute atomic E-state index is 0.926. The highest BCUT2D eigenvalue weighted by molar-refractivity contribution is 5.83. The second kappa shape index (κ2) is 6.13. The first-order valence-corrected chi connectivity index (χ1v) is 8.04. The lowest BCUT2D eigenvalue weighted by molar-refractivity contribution is 0.381. The van der Waals surface area contributed by atoms with Gasteiger partial charge in [-0.25, -0.2) is 0 Å². The molecule has 0 N–H and O–H groups in total. The fraction of sp³-hybridized carbons (Fsp3) is 0.0909. The van der Waals surface area contributed by atoms with Gasteiger partial charge in [0, 0.05) is 18.8 Å². The number of hydrogen-bond acceptors (Lipinski definition) is 1. The molecule has 0 amide bonds. The van der Waals surface area contributed by atoms with Gasteiger partial charge < -0.3 is 4.90 Å². The molecule has 1 heterocycles. The molecule has 0 unspecified atom stereocenters. The Bertz CT molecular complexity index is 819. The van der Waals surface area contributed by atoms with Crippen molar-refractivity contribution < 1.29 is 0 Å². The van der Waals surface area contributed by atoms with Gasteiger partial charge in [-0.3, -0.25) is 0 Å². The van der Waals surface area contributed by atoms with E-state index in [1.165, 1.54) is 28.0 Å². The summed E-state index contributed by atoms with van der Waals surface area (Å²) in [6.07, 6.45) is 2.32. The minimum Gasteiger partial charge on any atom is -0.362 e. The first kappa shape index (κ1) is 13.8. The zero-order valence-electron chi connectivity index (χ0n) is 13.0. The first-order chi connectivity index (χ1) is 11.4. The number of hydrogen-bond donors (Lipinski definition) is 0. The van der Waals surface area contributed by atoms with E-state index in [2.05, 4.69) is 95.9 Å². The highest BCUT2D eigenvalue weighted by Crippen LogP contribution is 2.32. The molecule has 0 atom stereocenters. The smallest absolute Gasteiger partial charge is 0.0451 e. The molecule has 1 aliphatic rings. The van der Waals surface area contributed by atoms with E-state index >= 15 is 0 Å². The third-order valence-corrected chi connectivity index (χ3v) is 4.34. The summed E-state index contributed by atoms with van der Waals surface area (Å²) < 4.78 is 0. The molecular formula is C22H19N. The zero-order valence-corrected chi connectivity index (χ0v) is 13.0. The van der Waals surface area contributed by atoms with E-state index in [9.17, 15) is 0 Å². The van der Waals surface area contributed by atoms with E-state index in [1.807, 2.05) is 0 Å². The SMILES string of the molecule is C1=C(c2ccccc2)N(Cc2ccccc2)Cc2ccccc21. The largest absolute Gasteiger partial charge is 0.362 e. The Balaban J connectivity index is 1.75. The van der Waals surface area contributed by atoms with Gasteiger partial charge in [-0.05, 0) is 28.3 Å². The standard InChI is InChI=1S/C22H19N/c1-3-9-18(10-4-1)16-23-17-21-14-8-7-13-20(21)15-22(23)19-11-5-2-6-12-19/h1-15H,16-17H2. The van der Waals surface area contributed by atoms with E-state index in [0.717, 1.165) is 13.1 Å². The Morgan fingerprint density at radius 1 is 0.696 bits per heavy atom. The monoisotopic (exact) mass is 297 g/mol. The molecule has 1 aliphatic heterocycles. The lowest BCUT2D eigenvalue weighted by Gasteiger charge is -2.32. The average molecular weight is 297 g/mol. The molecule has 1 heteroatoms. The van der Waals surface area contributed by atoms with Gasteiger partial charge in [0.1, 0.15) is 0 Å². The highest BCUT2D eigenvalue weighted by atomic mass is 15.1. The third kappa shape index (κ3) is 2.91. The van der Waals surface area contributed by atoms with Crippen molar-refractivity contribution in [3.63, 3.8) is 0 Å². The molecule has 0 fully saturated rings. The molecule has 23 heavy (non-hydrogen) atoms. The Hall–Kier alpha value is -2.80. The molecule has 1 nitrogen and oxygen atoms in total. The molecule has 0 saturated carbocycles. The molecule has 0 bridgehead atoms. The third-order valence-electron chi connectivity index (χ3n) is 4.34. The van der Waals surface area contributed by atoms with Crippen LogP contribution in [0.3, 0.4) is 0 Å². The van der Waals surface area contributed by atoms with Gasteiger partial charge in [0.15, 0.2) is 0 Å². The maximum atomic E-state index is 2.47. The van der Waals surface area contributed by atoms with Crippen molar-refractivity contribution in [2.75, 3.05) is 0 Å². The molecule has 0 aromatic heterocycles. The lowest BCUT2D eigenvalue weighted by atomic mass is 9.97. The summed E-state index contributed by atoms with van der Waals surface area (Å²) in [6, 6.07) is 30.0. The van der Waals surface area contributed by atoms with Crippen molar-refractivity contribution in [3.8, 4) is 0 Å². The maximum Gasteiger partial charge on any atom is 0.0451 e. The van der Waals surface area contributed by atoms with E-state index in [1.54, 1.807) is 0 Å². The quantitative estimate of drug-likeness (QED) is 0.642. The van der Waals surface area contributed by atoms with Crippen LogP contribution < -0.4 is 0 Å². The summed E-state index contributed by atoms with van der Waals surface area (Å²) >= 11 is 0. The minimum atomic E-state index is 0.926. The van der Waals surface area contributed by atoms with Gasteiger partial charge >= 0.3 is 0 Å². The molecule has 112 valence electrons. The Morgan fingerprint density at radius 3 is 2.13 bits per heavy atom. The predicted octanol–water partition coefficient (Wildman–Crippen LogP) is 5.20. The van der Waals surface area contributed by atoms with Crippen LogP contribution in [0, 0.1) is 0 Å². The molecule has 0 saturated heterocycles. The van der Waals surface area contributed by atoms with E-state index in [4.69, 9.17) is 0 Å². The van der Waals surface area contributed by atoms with Crippen LogP contribution in [0.15, 0.2) is 84.9 Å². The summed E-state index contributed by atoms with van der Waals surface area (Å²) in [7, 11) is 0. The van der Waals surface area contributed by atoms with Crippen LogP contribution in [0.25, 0.3) is 11.8 Å². The van der Waals surface area contributed by atoms with Gasteiger partial charge in [0.05, 0.1) is 0 Å². The zero-order chi connectivity index (χ0) is 15.5. The fourth-order valence-corrected chi connectivity index (χ4v) is 3.17. The van der Waals surface area contributed by atoms with Crippen molar-refractivity contribution >= 4 is 11.8 Å². The predicted molar refractivity (Wildman–Crippen MR) is 96.4 cm³/mol. The van der Waals surface area contributed by atoms with Crippen molar-refractivity contribution in [2.45, 2.75) is 13.1 Å². The van der Waals surface area contributed by atoms with Crippen LogP contribution in [-0.2, 0) is 13.1 Å². The summed E-state index contributed by atoms with van der Waals surface area (Å²) in [4.78, 5) is 2.47. The van der Waals surface area contributed by atoms with Gasteiger partial charge in [0.2, 0.25) is 0 Å². The Morgan fingerprint density at radius 2 is 1.35 bits per heavy atom. The van der Waals surface area contributed by atoms with Crippen LogP contribution in [0.5, 0.6) is 0 Å². The molecule has 3 aromatic carbocycles. The van der Waals surface area contributed by atoms with Crippen molar-refractivity contribution in [1.29, 1.82) is 0 Å². The molecule has 0 spiro atoms. The average Bonchev–Trinajstić information content (AvgIpc) is 2.63. The van der Waals surface area contributed by atoms with Crippen LogP contribution in [0.1, 0.15) is 22.3 Å². The molecule has 4 rings (SSSR count). The van der Waals surface area contributed by atoms with Crippen LogP contribution in [-0.4, -0.2) is 4.90 Å². The number of benzene rings is 3. The van der Waals surface area contributed by atoms with Crippen LogP contribution in [0.4, 0.5) is 0 Å². The summed E-state index contributed by atoms with van der Waals surface area (Å²) in [5.41, 5.74) is 6.64. The summed E-state index contributed by atoms with van der Waals surface area (Å²) in [5.74, 6) is 0. The second-order valence-electron chi connectivity index (χ2n) is 5.94. The van der Waals surface area contributed by atoms with Gasteiger partial charge in [0.25, 0.3) is 0 Å². The maximum absolute atomic E-state index is 2.47. The van der Waals surface area contributed by atoms with Gasteiger partial charge in [-0.1, -0.05) is 84.9 Å². The number of rotatable bonds is 3. The number of nitrogens with zero attached hydrogens (tertiary/aromatic N) is 1. The Labute approximate surface area is 137 Å². The second-order valence-corrected chi connectivity index (χ2v) is 5.94. The fourth-order valence-electron chi connectivity index (χ4n) is 3.17. The molecular weight excluding hydrogens is 278 g/mol. The van der Waals surface area contributed by atoms with Crippen LogP contribution >= 0.6 is 0 Å². The van der Waals surface area contributed by atoms with Gasteiger partial charge in [-0.15, -0.1) is 0 Å². The van der Waals surface area contributed by atoms with E-state index < -0.39 is 0 Å². The summed E-state index contributed by atoms with van der Waals surface area (Å²) in [6.45, 7) is 1.88. The van der Waals surface area contributed by atoms with Crippen LogP contribution in [0.2, 0.25) is 0 Å². The Kier molecular flexibility index (Phi) is 3.69. The molecule has 0 radical (unpaired) electrons. The lowest BCUT2D eigenvalue weighted by Crippen LogP contribution is -2.24. The normalized spacial score (nSPS) is 13.4. The van der Waals surface area contributed by atoms with E-state index in [0.29, 0.717) is 0 Å². The highest BCUT2D eigenvalue weighted by Gasteiger charge is 2.19. The summed E-state index contributed by atoms with van der Waals surface area (Å²) in [5, 5.41) is 0. The van der Waals surface area contributed by atoms with Gasteiger partial charge in [-0.2, -0.15) is 0 Å². The number of fused-ring (bicyclic) bond motifs is 1. The van der Waals surface area contributed by atoms with Crippen molar-refractivity contribution in [1.82, 2.24) is 4.90 Å². The molecule has 0 aliphatic carbocycles. The molecule has 3 aromatic rings. The van der Waals surface area contributed by atoms with Crippen molar-refractivity contribution in [3.05, 3.63) is 107 Å². The van der Waals surface area contributed by atoms with Crippen molar-refractivity contribution in [2.24, 2.45) is 0 Å².